The third-order valence-corrected chi connectivity index (χ3v) is 3.06. The van der Waals surface area contributed by atoms with Crippen molar-refractivity contribution >= 4 is 5.69 Å². The second-order valence-corrected chi connectivity index (χ2v) is 4.53. The lowest BCUT2D eigenvalue weighted by Crippen LogP contribution is -2.36. The molecule has 0 amide bonds. The van der Waals surface area contributed by atoms with Crippen molar-refractivity contribution in [2.45, 2.75) is 12.5 Å². The molecule has 0 fully saturated rings. The van der Waals surface area contributed by atoms with Gasteiger partial charge in [0.2, 0.25) is 0 Å². The number of aliphatic hydroxyl groups is 1. The van der Waals surface area contributed by atoms with Crippen molar-refractivity contribution in [1.29, 1.82) is 0 Å². The molecule has 1 aromatic heterocycles. The van der Waals surface area contributed by atoms with E-state index in [1.54, 1.807) is 13.3 Å². The second kappa shape index (κ2) is 5.71. The van der Waals surface area contributed by atoms with Crippen LogP contribution in [0.2, 0.25) is 0 Å². The lowest BCUT2D eigenvalue weighted by Gasteiger charge is -2.30. The largest absolute Gasteiger partial charge is 0.495 e. The number of methoxy groups -OCH3 is 1. The van der Waals surface area contributed by atoms with Crippen LogP contribution in [0.15, 0.2) is 48.7 Å². The lowest BCUT2D eigenvalue weighted by molar-refractivity contribution is 0.220. The van der Waals surface area contributed by atoms with E-state index in [4.69, 9.17) is 4.74 Å². The topological polar surface area (TPSA) is 54.4 Å². The molecule has 0 spiro atoms. The average molecular weight is 258 g/mol. The van der Waals surface area contributed by atoms with Crippen molar-refractivity contribution in [3.8, 4) is 5.75 Å². The second-order valence-electron chi connectivity index (χ2n) is 4.53. The Morgan fingerprint density at radius 3 is 2.58 bits per heavy atom. The van der Waals surface area contributed by atoms with Crippen LogP contribution in [-0.4, -0.2) is 23.8 Å². The molecule has 0 saturated carbocycles. The van der Waals surface area contributed by atoms with Crippen molar-refractivity contribution in [3.05, 3.63) is 54.4 Å². The molecule has 2 N–H and O–H groups in total. The first kappa shape index (κ1) is 13.4. The summed E-state index contributed by atoms with van der Waals surface area (Å²) < 4.78 is 5.31. The van der Waals surface area contributed by atoms with E-state index < -0.39 is 5.54 Å². The van der Waals surface area contributed by atoms with Gasteiger partial charge in [-0.25, -0.2) is 0 Å². The fraction of sp³-hybridized carbons (Fsp3) is 0.267. The van der Waals surface area contributed by atoms with Crippen LogP contribution < -0.4 is 10.1 Å². The molecule has 4 heteroatoms. The Hall–Kier alpha value is -2.07. The minimum atomic E-state index is -0.657. The molecule has 0 aliphatic carbocycles. The van der Waals surface area contributed by atoms with Gasteiger partial charge >= 0.3 is 0 Å². The summed E-state index contributed by atoms with van der Waals surface area (Å²) in [5.74, 6) is 0.734. The van der Waals surface area contributed by atoms with E-state index in [2.05, 4.69) is 10.3 Å². The van der Waals surface area contributed by atoms with Gasteiger partial charge in [0.1, 0.15) is 11.3 Å². The number of nitrogens with one attached hydrogen (secondary N) is 1. The third kappa shape index (κ3) is 2.85. The molecule has 1 heterocycles. The van der Waals surface area contributed by atoms with Gasteiger partial charge in [-0.1, -0.05) is 18.2 Å². The summed E-state index contributed by atoms with van der Waals surface area (Å²) in [5, 5.41) is 13.0. The molecule has 0 bridgehead atoms. The fourth-order valence-corrected chi connectivity index (χ4v) is 1.92. The number of hydrogen-bond donors (Lipinski definition) is 2. The Balaban J connectivity index is 2.33. The molecule has 0 aliphatic rings. The standard InChI is InChI=1S/C15H18N2O2/c1-15(11-18,14-9-5-6-10-16-14)17-12-7-3-4-8-13(12)19-2/h3-10,17-18H,11H2,1-2H3. The van der Waals surface area contributed by atoms with Crippen molar-refractivity contribution in [2.24, 2.45) is 0 Å². The normalized spacial score (nSPS) is 13.6. The molecule has 1 unspecified atom stereocenters. The van der Waals surface area contributed by atoms with Crippen molar-refractivity contribution in [1.82, 2.24) is 4.98 Å². The lowest BCUT2D eigenvalue weighted by atomic mass is 9.97. The van der Waals surface area contributed by atoms with Crippen LogP contribution in [-0.2, 0) is 5.54 Å². The molecular weight excluding hydrogens is 240 g/mol. The van der Waals surface area contributed by atoms with Crippen LogP contribution in [0.3, 0.4) is 0 Å². The molecule has 1 aromatic carbocycles. The van der Waals surface area contributed by atoms with E-state index in [9.17, 15) is 5.11 Å². The average Bonchev–Trinajstić information content (AvgIpc) is 2.48. The molecule has 100 valence electrons. The van der Waals surface area contributed by atoms with Gasteiger partial charge in [0.05, 0.1) is 25.1 Å². The van der Waals surface area contributed by atoms with E-state index in [1.807, 2.05) is 49.4 Å². The minimum Gasteiger partial charge on any atom is -0.495 e. The summed E-state index contributed by atoms with van der Waals surface area (Å²) in [5.41, 5.74) is 0.950. The number of benzene rings is 1. The van der Waals surface area contributed by atoms with Gasteiger partial charge in [0, 0.05) is 6.20 Å². The number of ether oxygens (including phenoxy) is 1. The predicted molar refractivity (Wildman–Crippen MR) is 75.3 cm³/mol. The predicted octanol–water partition coefficient (Wildman–Crippen LogP) is 2.41. The summed E-state index contributed by atoms with van der Waals surface area (Å²) in [7, 11) is 1.62. The SMILES string of the molecule is COc1ccccc1NC(C)(CO)c1ccccn1. The maximum atomic E-state index is 9.72. The maximum Gasteiger partial charge on any atom is 0.141 e. The smallest absolute Gasteiger partial charge is 0.141 e. The number of rotatable bonds is 5. The van der Waals surface area contributed by atoms with Gasteiger partial charge in [-0.3, -0.25) is 4.98 Å². The van der Waals surface area contributed by atoms with Crippen LogP contribution in [0.1, 0.15) is 12.6 Å². The van der Waals surface area contributed by atoms with Crippen LogP contribution in [0.4, 0.5) is 5.69 Å². The first-order chi connectivity index (χ1) is 9.19. The number of nitrogens with zero attached hydrogens (tertiary/aromatic N) is 1. The highest BCUT2D eigenvalue weighted by Gasteiger charge is 2.27. The monoisotopic (exact) mass is 258 g/mol. The van der Waals surface area contributed by atoms with E-state index in [-0.39, 0.29) is 6.61 Å². The van der Waals surface area contributed by atoms with Crippen LogP contribution in [0, 0.1) is 0 Å². The van der Waals surface area contributed by atoms with Crippen molar-refractivity contribution in [3.63, 3.8) is 0 Å². The number of para-hydroxylation sites is 2. The molecule has 4 nitrogen and oxygen atoms in total. The first-order valence-electron chi connectivity index (χ1n) is 6.13. The molecule has 0 aliphatic heterocycles. The summed E-state index contributed by atoms with van der Waals surface area (Å²) in [6.07, 6.45) is 1.72. The van der Waals surface area contributed by atoms with E-state index in [0.717, 1.165) is 17.1 Å². The number of anilines is 1. The Morgan fingerprint density at radius 1 is 1.21 bits per heavy atom. The highest BCUT2D eigenvalue weighted by molar-refractivity contribution is 5.58. The highest BCUT2D eigenvalue weighted by atomic mass is 16.5. The van der Waals surface area contributed by atoms with Crippen molar-refractivity contribution < 1.29 is 9.84 Å². The summed E-state index contributed by atoms with van der Waals surface area (Å²) in [4.78, 5) is 4.31. The van der Waals surface area contributed by atoms with Crippen LogP contribution >= 0.6 is 0 Å². The third-order valence-electron chi connectivity index (χ3n) is 3.06. The fourth-order valence-electron chi connectivity index (χ4n) is 1.92. The van der Waals surface area contributed by atoms with Crippen molar-refractivity contribution in [2.75, 3.05) is 19.0 Å². The number of aliphatic hydroxyl groups excluding tert-OH is 1. The molecule has 2 aromatic rings. The quantitative estimate of drug-likeness (QED) is 0.864. The molecular formula is C15H18N2O2. The summed E-state index contributed by atoms with van der Waals surface area (Å²) in [6.45, 7) is 1.84. The number of hydrogen-bond acceptors (Lipinski definition) is 4. The zero-order chi connectivity index (χ0) is 13.7. The van der Waals surface area contributed by atoms with E-state index in [0.29, 0.717) is 0 Å². The summed E-state index contributed by atoms with van der Waals surface area (Å²) >= 11 is 0. The highest BCUT2D eigenvalue weighted by Crippen LogP contribution is 2.30. The summed E-state index contributed by atoms with van der Waals surface area (Å²) in [6, 6.07) is 13.2. The van der Waals surface area contributed by atoms with Crippen LogP contribution in [0.5, 0.6) is 5.75 Å². The van der Waals surface area contributed by atoms with Gasteiger partial charge in [-0.2, -0.15) is 0 Å². The van der Waals surface area contributed by atoms with Gasteiger partial charge in [0.25, 0.3) is 0 Å². The molecule has 2 rings (SSSR count). The van der Waals surface area contributed by atoms with Gasteiger partial charge in [-0.05, 0) is 31.2 Å². The molecule has 0 saturated heterocycles. The van der Waals surface area contributed by atoms with Gasteiger partial charge < -0.3 is 15.2 Å². The Bertz CT molecular complexity index is 531. The van der Waals surface area contributed by atoms with Crippen LogP contribution in [0.25, 0.3) is 0 Å². The molecule has 0 radical (unpaired) electrons. The zero-order valence-electron chi connectivity index (χ0n) is 11.1. The molecule has 19 heavy (non-hydrogen) atoms. The first-order valence-corrected chi connectivity index (χ1v) is 6.13. The van der Waals surface area contributed by atoms with E-state index in [1.165, 1.54) is 0 Å². The maximum absolute atomic E-state index is 9.72. The number of aromatic nitrogens is 1. The molecule has 1 atom stereocenters. The Labute approximate surface area is 113 Å². The number of pyridine rings is 1. The minimum absolute atomic E-state index is 0.0674. The van der Waals surface area contributed by atoms with E-state index >= 15 is 0 Å². The van der Waals surface area contributed by atoms with Gasteiger partial charge in [-0.15, -0.1) is 0 Å². The zero-order valence-corrected chi connectivity index (χ0v) is 11.1. The Morgan fingerprint density at radius 2 is 1.95 bits per heavy atom. The Kier molecular flexibility index (Phi) is 4.02. The van der Waals surface area contributed by atoms with Gasteiger partial charge in [0.15, 0.2) is 0 Å².